The summed E-state index contributed by atoms with van der Waals surface area (Å²) in [5, 5.41) is 8.54. The first-order chi connectivity index (χ1) is 35.3. The zero-order chi connectivity index (χ0) is 49.6. The van der Waals surface area contributed by atoms with Gasteiger partial charge in [0.25, 0.3) is 0 Å². The second kappa shape index (κ2) is 20.5. The summed E-state index contributed by atoms with van der Waals surface area (Å²) in [6.07, 6.45) is 7.85. The second-order valence-electron chi connectivity index (χ2n) is 17.9. The van der Waals surface area contributed by atoms with Crippen molar-refractivity contribution in [3.05, 3.63) is 292 Å². The largest absolute Gasteiger partial charge is 0.478 e. The Bertz CT molecular complexity index is 3490. The SMILES string of the molecule is C=Cc1c(/C(=C\C)c2ccc(C(=N)N)cc2)oc2ccccc12.C=NCc1ccccc1.Cc1ccccc1-c1cccc2c1OC1C3=C(C=CC1O2)C(c1ccccc1)(c1ccccc1)c1ccccc13. The molecule has 2 aliphatic carbocycles. The summed E-state index contributed by atoms with van der Waals surface area (Å²) in [6, 6.07) is 70.9. The summed E-state index contributed by atoms with van der Waals surface area (Å²) >= 11 is 0. The molecule has 0 saturated carbocycles. The number of nitrogen functional groups attached to an aromatic ring is 1. The van der Waals surface area contributed by atoms with Gasteiger partial charge in [0, 0.05) is 33.2 Å². The number of aryl methyl sites for hydroxylation is 1. The molecule has 2 unspecified atom stereocenters. The van der Waals surface area contributed by atoms with Crippen molar-refractivity contribution in [3.63, 3.8) is 0 Å². The molecule has 0 amide bonds. The first-order valence-electron chi connectivity index (χ1n) is 24.2. The minimum Gasteiger partial charge on any atom is -0.478 e. The van der Waals surface area contributed by atoms with Gasteiger partial charge >= 0.3 is 0 Å². The number of allylic oxidation sites excluding steroid dienone is 3. The van der Waals surface area contributed by atoms with Gasteiger partial charge < -0.3 is 19.6 Å². The van der Waals surface area contributed by atoms with Gasteiger partial charge in [-0.3, -0.25) is 10.4 Å². The summed E-state index contributed by atoms with van der Waals surface area (Å²) in [6.45, 7) is 12.2. The molecule has 352 valence electrons. The number of nitrogens with one attached hydrogen (secondary N) is 1. The lowest BCUT2D eigenvalue weighted by molar-refractivity contribution is 0.0818. The van der Waals surface area contributed by atoms with Crippen LogP contribution < -0.4 is 15.2 Å². The van der Waals surface area contributed by atoms with Crippen LogP contribution in [0, 0.1) is 12.3 Å². The number of aliphatic imine (C=N–C) groups is 1. The summed E-state index contributed by atoms with van der Waals surface area (Å²) in [7, 11) is 0. The fourth-order valence-corrected chi connectivity index (χ4v) is 10.4. The Morgan fingerprint density at radius 3 is 1.92 bits per heavy atom. The van der Waals surface area contributed by atoms with Crippen LogP contribution in [0.1, 0.15) is 62.8 Å². The number of hydrogen-bond donors (Lipinski definition) is 2. The zero-order valence-corrected chi connectivity index (χ0v) is 40.5. The molecule has 6 nitrogen and oxygen atoms in total. The highest BCUT2D eigenvalue weighted by Gasteiger charge is 2.52. The number of nitrogens with zero attached hydrogens (tertiary/aromatic N) is 1. The molecule has 0 radical (unpaired) electrons. The number of rotatable bonds is 9. The van der Waals surface area contributed by atoms with Crippen LogP contribution in [-0.4, -0.2) is 24.8 Å². The second-order valence-corrected chi connectivity index (χ2v) is 17.9. The van der Waals surface area contributed by atoms with Crippen LogP contribution in [-0.2, 0) is 12.0 Å². The van der Waals surface area contributed by atoms with Gasteiger partial charge in [-0.15, -0.1) is 0 Å². The minimum atomic E-state index is -0.449. The van der Waals surface area contributed by atoms with Crippen LogP contribution in [0.3, 0.4) is 0 Å². The zero-order valence-electron chi connectivity index (χ0n) is 40.5. The van der Waals surface area contributed by atoms with E-state index in [1.807, 2.05) is 104 Å². The lowest BCUT2D eigenvalue weighted by Gasteiger charge is -2.39. The number of benzene rings is 8. The molecule has 2 heterocycles. The fraction of sp³-hybridized carbons (Fsp3) is 0.0909. The van der Waals surface area contributed by atoms with Crippen LogP contribution in [0.2, 0.25) is 0 Å². The highest BCUT2D eigenvalue weighted by molar-refractivity contribution is 5.97. The van der Waals surface area contributed by atoms with E-state index in [-0.39, 0.29) is 18.0 Å². The number of para-hydroxylation sites is 2. The quantitative estimate of drug-likeness (QED) is 0.111. The maximum Gasteiger partial charge on any atom is 0.170 e. The van der Waals surface area contributed by atoms with Crippen LogP contribution in [0.5, 0.6) is 11.5 Å². The first kappa shape index (κ1) is 46.7. The van der Waals surface area contributed by atoms with E-state index in [2.05, 4.69) is 159 Å². The predicted molar refractivity (Wildman–Crippen MR) is 297 cm³/mol. The van der Waals surface area contributed by atoms with Crippen LogP contribution in [0.15, 0.2) is 246 Å². The van der Waals surface area contributed by atoms with E-state index in [1.165, 1.54) is 44.5 Å². The van der Waals surface area contributed by atoms with E-state index in [9.17, 15) is 0 Å². The highest BCUT2D eigenvalue weighted by Crippen LogP contribution is 2.59. The highest BCUT2D eigenvalue weighted by atomic mass is 16.6. The molecular weight excluding hydrogens is 883 g/mol. The average Bonchev–Trinajstić information content (AvgIpc) is 3.96. The molecule has 8 aromatic carbocycles. The number of amidine groups is 1. The smallest absolute Gasteiger partial charge is 0.170 e. The Labute approximate surface area is 422 Å². The Morgan fingerprint density at radius 2 is 1.26 bits per heavy atom. The van der Waals surface area contributed by atoms with Gasteiger partial charge in [-0.1, -0.05) is 219 Å². The van der Waals surface area contributed by atoms with E-state index < -0.39 is 5.41 Å². The molecule has 12 rings (SSSR count). The molecule has 0 spiro atoms. The van der Waals surface area contributed by atoms with Crippen molar-refractivity contribution in [1.29, 1.82) is 5.41 Å². The molecular formula is C66H55N3O3. The average molecular weight is 938 g/mol. The molecule has 1 aromatic heterocycles. The Hall–Kier alpha value is -9.00. The van der Waals surface area contributed by atoms with Crippen molar-refractivity contribution in [2.75, 3.05) is 0 Å². The van der Waals surface area contributed by atoms with Crippen molar-refractivity contribution in [3.8, 4) is 22.6 Å². The molecule has 2 atom stereocenters. The first-order valence-corrected chi connectivity index (χ1v) is 24.2. The minimum absolute atomic E-state index is 0.0640. The Kier molecular flexibility index (Phi) is 13.3. The number of ether oxygens (including phenoxy) is 2. The van der Waals surface area contributed by atoms with Gasteiger partial charge in [0.15, 0.2) is 23.7 Å². The van der Waals surface area contributed by atoms with Crippen LogP contribution in [0.25, 0.3) is 39.3 Å². The molecule has 9 aromatic rings. The third-order valence-corrected chi connectivity index (χ3v) is 13.7. The van der Waals surface area contributed by atoms with Crippen molar-refractivity contribution in [2.45, 2.75) is 38.0 Å². The van der Waals surface area contributed by atoms with Crippen molar-refractivity contribution in [2.24, 2.45) is 10.7 Å². The van der Waals surface area contributed by atoms with Gasteiger partial charge in [0.1, 0.15) is 17.2 Å². The van der Waals surface area contributed by atoms with Crippen molar-refractivity contribution in [1.82, 2.24) is 0 Å². The summed E-state index contributed by atoms with van der Waals surface area (Å²) in [5.74, 6) is 2.47. The fourth-order valence-electron chi connectivity index (χ4n) is 10.4. The van der Waals surface area contributed by atoms with Gasteiger partial charge in [-0.25, -0.2) is 0 Å². The maximum atomic E-state index is 7.49. The van der Waals surface area contributed by atoms with Gasteiger partial charge in [-0.2, -0.15) is 0 Å². The third-order valence-electron chi connectivity index (χ3n) is 13.7. The Morgan fingerprint density at radius 1 is 0.667 bits per heavy atom. The summed E-state index contributed by atoms with van der Waals surface area (Å²) < 4.78 is 19.8. The van der Waals surface area contributed by atoms with E-state index in [4.69, 9.17) is 25.0 Å². The molecule has 3 N–H and O–H groups in total. The van der Waals surface area contributed by atoms with Crippen molar-refractivity contribution < 1.29 is 13.9 Å². The van der Waals surface area contributed by atoms with E-state index in [0.717, 1.165) is 62.6 Å². The maximum absolute atomic E-state index is 7.49. The van der Waals surface area contributed by atoms with Gasteiger partial charge in [0.2, 0.25) is 0 Å². The van der Waals surface area contributed by atoms with E-state index in [1.54, 1.807) is 0 Å². The molecule has 72 heavy (non-hydrogen) atoms. The molecule has 0 bridgehead atoms. The molecule has 6 heteroatoms. The molecule has 1 aliphatic heterocycles. The van der Waals surface area contributed by atoms with Crippen LogP contribution in [0.4, 0.5) is 0 Å². The standard InChI is InChI=1S/C38H28O2.C20H18N2O.C8H9N/c1-25-13-8-9-18-28(25)29-20-12-22-33-36(29)40-37-34(39-33)24-23-32-35(37)30-19-10-11-21-31(30)38(32,26-14-4-2-5-15-26)27-16-6-3-7-17-27;1-3-15(13-9-11-14(12-10-13)20(21)22)19-16(4-2)17-7-5-6-8-18(17)23-19;1-9-7-8-5-3-2-4-6-8/h2-24,34,37H,1H3;3-12H,2H2,1H3,(H3,21,22);2-6H,1,7H2/b;15-3-;. The summed E-state index contributed by atoms with van der Waals surface area (Å²) in [5.41, 5.74) is 21.7. The topological polar surface area (TPSA) is 93.8 Å². The van der Waals surface area contributed by atoms with Gasteiger partial charge in [-0.05, 0) is 88.9 Å². The number of furan rings is 1. The third kappa shape index (κ3) is 8.58. The predicted octanol–water partition coefficient (Wildman–Crippen LogP) is 15.2. The number of nitrogens with two attached hydrogens (primary N) is 1. The van der Waals surface area contributed by atoms with E-state index in [0.29, 0.717) is 5.56 Å². The lowest BCUT2D eigenvalue weighted by atomic mass is 9.66. The Balaban J connectivity index is 0.000000156. The lowest BCUT2D eigenvalue weighted by Crippen LogP contribution is -2.42. The number of hydrogen-bond acceptors (Lipinski definition) is 5. The molecule has 3 aliphatic rings. The molecule has 0 fully saturated rings. The summed E-state index contributed by atoms with van der Waals surface area (Å²) in [4.78, 5) is 3.76. The number of fused-ring (bicyclic) bond motifs is 6. The van der Waals surface area contributed by atoms with Gasteiger partial charge in [0.05, 0.1) is 12.0 Å². The van der Waals surface area contributed by atoms with E-state index >= 15 is 0 Å². The normalized spacial score (nSPS) is 15.7. The monoisotopic (exact) mass is 937 g/mol. The van der Waals surface area contributed by atoms with Crippen LogP contribution >= 0.6 is 0 Å². The molecule has 0 saturated heterocycles. The van der Waals surface area contributed by atoms with Crippen molar-refractivity contribution >= 4 is 40.7 Å².